The number of unbranched alkanes of at least 4 members (excludes halogenated alkanes) is 2. The smallest absolute Gasteiger partial charge is 0.272 e. The van der Waals surface area contributed by atoms with Crippen LogP contribution in [0.25, 0.3) is 0 Å². The summed E-state index contributed by atoms with van der Waals surface area (Å²) in [7, 11) is 0. The topological polar surface area (TPSA) is 62.3 Å². The molecule has 0 aliphatic carbocycles. The van der Waals surface area contributed by atoms with Crippen molar-refractivity contribution in [2.24, 2.45) is 5.92 Å². The first-order chi connectivity index (χ1) is 11.1. The molecule has 0 atom stereocenters. The number of nitrogens with one attached hydrogen (secondary N) is 1. The van der Waals surface area contributed by atoms with Gasteiger partial charge in [-0.25, -0.2) is 4.98 Å². The Morgan fingerprint density at radius 2 is 1.91 bits per heavy atom. The Morgan fingerprint density at radius 3 is 2.61 bits per heavy atom. The molecule has 126 valence electrons. The first kappa shape index (κ1) is 17.4. The second-order valence-electron chi connectivity index (χ2n) is 6.35. The Labute approximate surface area is 138 Å². The normalized spacial score (nSPS) is 15.5. The van der Waals surface area contributed by atoms with Gasteiger partial charge in [-0.3, -0.25) is 9.59 Å². The van der Waals surface area contributed by atoms with Gasteiger partial charge in [0.1, 0.15) is 11.4 Å². The molecular weight excluding hydrogens is 290 g/mol. The lowest BCUT2D eigenvalue weighted by molar-refractivity contribution is 0.0691. The van der Waals surface area contributed by atoms with Crippen molar-refractivity contribution in [2.75, 3.05) is 19.6 Å². The van der Waals surface area contributed by atoms with Crippen molar-refractivity contribution >= 4 is 11.8 Å². The molecule has 0 spiro atoms. The zero-order chi connectivity index (χ0) is 16.7. The van der Waals surface area contributed by atoms with Gasteiger partial charge in [0.25, 0.3) is 11.8 Å². The first-order valence-electron chi connectivity index (χ1n) is 8.66. The van der Waals surface area contributed by atoms with Gasteiger partial charge >= 0.3 is 0 Å². The summed E-state index contributed by atoms with van der Waals surface area (Å²) in [6, 6.07) is 5.08. The summed E-state index contributed by atoms with van der Waals surface area (Å²) in [5.74, 6) is 0.396. The molecule has 23 heavy (non-hydrogen) atoms. The molecule has 1 aliphatic heterocycles. The van der Waals surface area contributed by atoms with Crippen molar-refractivity contribution in [3.05, 3.63) is 29.6 Å². The van der Waals surface area contributed by atoms with E-state index in [1.807, 2.05) is 4.90 Å². The van der Waals surface area contributed by atoms with E-state index in [1.165, 1.54) is 0 Å². The van der Waals surface area contributed by atoms with E-state index in [4.69, 9.17) is 0 Å². The molecule has 1 fully saturated rings. The van der Waals surface area contributed by atoms with Crippen molar-refractivity contribution < 1.29 is 9.59 Å². The predicted molar refractivity (Wildman–Crippen MR) is 90.4 cm³/mol. The molecule has 1 saturated heterocycles. The number of rotatable bonds is 6. The molecule has 1 aromatic heterocycles. The number of nitrogens with zero attached hydrogens (tertiary/aromatic N) is 2. The second kappa shape index (κ2) is 8.65. The van der Waals surface area contributed by atoms with Crippen molar-refractivity contribution in [3.8, 4) is 0 Å². The minimum atomic E-state index is -0.206. The van der Waals surface area contributed by atoms with E-state index in [0.717, 1.165) is 45.2 Å². The summed E-state index contributed by atoms with van der Waals surface area (Å²) in [5, 5.41) is 2.86. The number of aromatic nitrogens is 1. The lowest BCUT2D eigenvalue weighted by Crippen LogP contribution is -2.38. The Kier molecular flexibility index (Phi) is 6.56. The van der Waals surface area contributed by atoms with Gasteiger partial charge < -0.3 is 10.2 Å². The third kappa shape index (κ3) is 5.05. The SMILES string of the molecule is CCCCCNC(=O)c1cccc(C(=O)N2CCC(C)CC2)n1. The van der Waals surface area contributed by atoms with E-state index in [-0.39, 0.29) is 11.8 Å². The van der Waals surface area contributed by atoms with Crippen molar-refractivity contribution in [1.29, 1.82) is 0 Å². The third-order valence-corrected chi connectivity index (χ3v) is 4.34. The van der Waals surface area contributed by atoms with Gasteiger partial charge in [0.05, 0.1) is 0 Å². The standard InChI is InChI=1S/C18H27N3O2/c1-3-4-5-11-19-17(22)15-7-6-8-16(20-15)18(23)21-12-9-14(2)10-13-21/h6-8,14H,3-5,9-13H2,1-2H3,(H,19,22). The van der Waals surface area contributed by atoms with E-state index >= 15 is 0 Å². The third-order valence-electron chi connectivity index (χ3n) is 4.34. The van der Waals surface area contributed by atoms with Crippen LogP contribution in [0.4, 0.5) is 0 Å². The molecule has 2 rings (SSSR count). The molecule has 1 aliphatic rings. The highest BCUT2D eigenvalue weighted by molar-refractivity contribution is 5.96. The number of hydrogen-bond donors (Lipinski definition) is 1. The van der Waals surface area contributed by atoms with Gasteiger partial charge in [0.15, 0.2) is 0 Å². The van der Waals surface area contributed by atoms with Crippen LogP contribution in [0.15, 0.2) is 18.2 Å². The van der Waals surface area contributed by atoms with Crippen LogP contribution in [0.3, 0.4) is 0 Å². The average Bonchev–Trinajstić information content (AvgIpc) is 2.59. The summed E-state index contributed by atoms with van der Waals surface area (Å²) < 4.78 is 0. The van der Waals surface area contributed by atoms with Crippen LogP contribution < -0.4 is 5.32 Å². The van der Waals surface area contributed by atoms with Gasteiger partial charge in [0, 0.05) is 19.6 Å². The van der Waals surface area contributed by atoms with Crippen LogP contribution in [0.1, 0.15) is 66.9 Å². The molecule has 1 N–H and O–H groups in total. The summed E-state index contributed by atoms with van der Waals surface area (Å²) in [6.45, 7) is 6.53. The maximum Gasteiger partial charge on any atom is 0.272 e. The highest BCUT2D eigenvalue weighted by atomic mass is 16.2. The maximum atomic E-state index is 12.5. The summed E-state index contributed by atoms with van der Waals surface area (Å²) in [4.78, 5) is 30.7. The van der Waals surface area contributed by atoms with Gasteiger partial charge in [0.2, 0.25) is 0 Å². The number of piperidine rings is 1. The molecule has 0 saturated carbocycles. The maximum absolute atomic E-state index is 12.5. The van der Waals surface area contributed by atoms with Gasteiger partial charge in [-0.15, -0.1) is 0 Å². The summed E-state index contributed by atoms with van der Waals surface area (Å²) in [6.07, 6.45) is 5.24. The quantitative estimate of drug-likeness (QED) is 0.821. The Bertz CT molecular complexity index is 537. The summed E-state index contributed by atoms with van der Waals surface area (Å²) in [5.41, 5.74) is 0.679. The molecule has 1 aromatic rings. The molecule has 2 amide bonds. The zero-order valence-corrected chi connectivity index (χ0v) is 14.2. The fraction of sp³-hybridized carbons (Fsp3) is 0.611. The van der Waals surface area contributed by atoms with Gasteiger partial charge in [-0.05, 0) is 37.3 Å². The number of carbonyl (C=O) groups is 2. The first-order valence-corrected chi connectivity index (χ1v) is 8.66. The molecule has 5 nitrogen and oxygen atoms in total. The lowest BCUT2D eigenvalue weighted by Gasteiger charge is -2.30. The highest BCUT2D eigenvalue weighted by Crippen LogP contribution is 2.17. The average molecular weight is 317 g/mol. The Morgan fingerprint density at radius 1 is 1.22 bits per heavy atom. The number of carbonyl (C=O) groups excluding carboxylic acids is 2. The molecule has 0 aromatic carbocycles. The van der Waals surface area contributed by atoms with E-state index in [2.05, 4.69) is 24.1 Å². The van der Waals surface area contributed by atoms with Crippen LogP contribution in [-0.2, 0) is 0 Å². The minimum Gasteiger partial charge on any atom is -0.351 e. The largest absolute Gasteiger partial charge is 0.351 e. The molecule has 0 radical (unpaired) electrons. The fourth-order valence-corrected chi connectivity index (χ4v) is 2.72. The molecular formula is C18H27N3O2. The van der Waals surface area contributed by atoms with Gasteiger partial charge in [-0.2, -0.15) is 0 Å². The van der Waals surface area contributed by atoms with Crippen LogP contribution in [0.2, 0.25) is 0 Å². The monoisotopic (exact) mass is 317 g/mol. The van der Waals surface area contributed by atoms with Crippen LogP contribution in [0.5, 0.6) is 0 Å². The molecule has 5 heteroatoms. The van der Waals surface area contributed by atoms with E-state index in [1.54, 1.807) is 18.2 Å². The van der Waals surface area contributed by atoms with Crippen molar-refractivity contribution in [1.82, 2.24) is 15.2 Å². The fourth-order valence-electron chi connectivity index (χ4n) is 2.72. The number of likely N-dealkylation sites (tertiary alicyclic amines) is 1. The van der Waals surface area contributed by atoms with E-state index in [0.29, 0.717) is 23.9 Å². The second-order valence-corrected chi connectivity index (χ2v) is 6.35. The minimum absolute atomic E-state index is 0.0717. The van der Waals surface area contributed by atoms with Crippen LogP contribution in [-0.4, -0.2) is 41.3 Å². The Hall–Kier alpha value is -1.91. The molecule has 0 unspecified atom stereocenters. The van der Waals surface area contributed by atoms with Crippen LogP contribution in [0, 0.1) is 5.92 Å². The van der Waals surface area contributed by atoms with E-state index < -0.39 is 0 Å². The Balaban J connectivity index is 1.96. The number of amides is 2. The zero-order valence-electron chi connectivity index (χ0n) is 14.2. The predicted octanol–water partition coefficient (Wildman–Crippen LogP) is 2.87. The van der Waals surface area contributed by atoms with Crippen LogP contribution >= 0.6 is 0 Å². The van der Waals surface area contributed by atoms with Crippen molar-refractivity contribution in [2.45, 2.75) is 46.0 Å². The highest BCUT2D eigenvalue weighted by Gasteiger charge is 2.22. The lowest BCUT2D eigenvalue weighted by atomic mass is 9.99. The number of hydrogen-bond acceptors (Lipinski definition) is 3. The number of pyridine rings is 1. The van der Waals surface area contributed by atoms with Gasteiger partial charge in [-0.1, -0.05) is 32.8 Å². The van der Waals surface area contributed by atoms with E-state index in [9.17, 15) is 9.59 Å². The summed E-state index contributed by atoms with van der Waals surface area (Å²) >= 11 is 0. The molecule has 0 bridgehead atoms. The molecule has 2 heterocycles. The van der Waals surface area contributed by atoms with Crippen molar-refractivity contribution in [3.63, 3.8) is 0 Å².